The second kappa shape index (κ2) is 7.65. The number of nitrogens with zero attached hydrogens (tertiary/aromatic N) is 3. The molecule has 8 heteroatoms. The Morgan fingerprint density at radius 3 is 2.39 bits per heavy atom. The Labute approximate surface area is 171 Å². The summed E-state index contributed by atoms with van der Waals surface area (Å²) in [5.74, 6) is 0.768. The summed E-state index contributed by atoms with van der Waals surface area (Å²) in [5.41, 5.74) is 0.714. The molecule has 0 bridgehead atoms. The molecule has 0 aliphatic carbocycles. The number of rotatable bonds is 1. The quantitative estimate of drug-likeness (QED) is 0.586. The van der Waals surface area contributed by atoms with E-state index >= 15 is 0 Å². The van der Waals surface area contributed by atoms with Gasteiger partial charge in [0.15, 0.2) is 0 Å². The lowest BCUT2D eigenvalue weighted by Crippen LogP contribution is -2.47. The van der Waals surface area contributed by atoms with Crippen LogP contribution in [0.1, 0.15) is 11.1 Å². The van der Waals surface area contributed by atoms with Gasteiger partial charge in [-0.3, -0.25) is 0 Å². The number of thioether (sulfide) groups is 1. The maximum absolute atomic E-state index is 13.2. The highest BCUT2D eigenvalue weighted by Crippen LogP contribution is 2.44. The molecule has 1 fully saturated rings. The van der Waals surface area contributed by atoms with Gasteiger partial charge in [0.05, 0.1) is 11.3 Å². The molecule has 1 saturated heterocycles. The van der Waals surface area contributed by atoms with Gasteiger partial charge in [-0.15, -0.1) is 11.8 Å². The number of fused-ring (bicyclic) bond motifs is 2. The molecule has 0 unspecified atom stereocenters. The molecule has 0 aromatic heterocycles. The number of aliphatic imine (C=N–C) groups is 1. The molecule has 0 N–H and O–H groups in total. The first kappa shape index (κ1) is 19.7. The number of likely N-dealkylation sites (N-methyl/N-ethyl adjacent to an activating group) is 1. The van der Waals surface area contributed by atoms with E-state index in [1.807, 2.05) is 18.4 Å². The van der Waals surface area contributed by atoms with E-state index in [1.165, 1.54) is 23.9 Å². The zero-order valence-electron chi connectivity index (χ0n) is 15.6. The number of amidine groups is 1. The Bertz CT molecular complexity index is 919. The summed E-state index contributed by atoms with van der Waals surface area (Å²) >= 11 is 3.13. The van der Waals surface area contributed by atoms with Gasteiger partial charge in [0, 0.05) is 46.4 Å². The Morgan fingerprint density at radius 2 is 1.71 bits per heavy atom. The average Bonchev–Trinajstić information content (AvgIpc) is 2.83. The monoisotopic (exact) mass is 423 g/mol. The largest absolute Gasteiger partial charge is 0.416 e. The Kier molecular flexibility index (Phi) is 5.37. The molecule has 0 spiro atoms. The number of piperazine rings is 1. The highest BCUT2D eigenvalue weighted by Gasteiger charge is 2.32. The number of benzene rings is 2. The van der Waals surface area contributed by atoms with Crippen LogP contribution in [-0.4, -0.2) is 55.1 Å². The van der Waals surface area contributed by atoms with Gasteiger partial charge in [-0.25, -0.2) is 4.99 Å². The number of hydrogen-bond acceptors (Lipinski definition) is 5. The van der Waals surface area contributed by atoms with Crippen molar-refractivity contribution in [2.45, 2.75) is 20.9 Å². The van der Waals surface area contributed by atoms with E-state index in [2.05, 4.69) is 22.9 Å². The van der Waals surface area contributed by atoms with Crippen molar-refractivity contribution < 1.29 is 13.2 Å². The molecule has 2 aliphatic heterocycles. The zero-order chi connectivity index (χ0) is 19.9. The molecule has 2 aliphatic rings. The maximum Gasteiger partial charge on any atom is 0.416 e. The van der Waals surface area contributed by atoms with Crippen LogP contribution in [0.5, 0.6) is 0 Å². The van der Waals surface area contributed by atoms with E-state index < -0.39 is 11.7 Å². The van der Waals surface area contributed by atoms with E-state index in [0.29, 0.717) is 5.69 Å². The van der Waals surface area contributed by atoms with Crippen molar-refractivity contribution >= 4 is 35.0 Å². The molecule has 0 saturated carbocycles. The third-order valence-corrected chi connectivity index (χ3v) is 6.83. The highest BCUT2D eigenvalue weighted by molar-refractivity contribution is 7.99. The molecule has 0 amide bonds. The van der Waals surface area contributed by atoms with Crippen LogP contribution >= 0.6 is 23.5 Å². The van der Waals surface area contributed by atoms with Gasteiger partial charge in [0.2, 0.25) is 0 Å². The fourth-order valence-corrected chi connectivity index (χ4v) is 4.74. The molecule has 148 valence electrons. The van der Waals surface area contributed by atoms with Crippen LogP contribution in [0.25, 0.3) is 0 Å². The van der Waals surface area contributed by atoms with Gasteiger partial charge < -0.3 is 9.80 Å². The SMILES string of the molecule is CSc1ccc2c(c1)C(N1CCN(C)CC1)=Nc1cc(C(F)(F)F)ccc1S2. The molecule has 0 radical (unpaired) electrons. The Hall–Kier alpha value is -1.64. The molecule has 2 aromatic rings. The van der Waals surface area contributed by atoms with Crippen LogP contribution in [-0.2, 0) is 6.18 Å². The first-order valence-electron chi connectivity index (χ1n) is 8.95. The van der Waals surface area contributed by atoms with Crippen LogP contribution in [0.3, 0.4) is 0 Å². The average molecular weight is 424 g/mol. The Morgan fingerprint density at radius 1 is 1.00 bits per heavy atom. The van der Waals surface area contributed by atoms with E-state index in [-0.39, 0.29) is 0 Å². The van der Waals surface area contributed by atoms with Gasteiger partial charge in [-0.05, 0) is 49.7 Å². The molecule has 0 atom stereocenters. The normalized spacial score (nSPS) is 17.6. The fourth-order valence-electron chi connectivity index (χ4n) is 3.32. The van der Waals surface area contributed by atoms with Gasteiger partial charge in [0.1, 0.15) is 5.84 Å². The minimum absolute atomic E-state index is 0.385. The molecule has 2 heterocycles. The van der Waals surface area contributed by atoms with E-state index in [0.717, 1.165) is 58.3 Å². The van der Waals surface area contributed by atoms with Crippen molar-refractivity contribution in [3.8, 4) is 0 Å². The van der Waals surface area contributed by atoms with Crippen LogP contribution in [0.4, 0.5) is 18.9 Å². The number of alkyl halides is 3. The predicted molar refractivity (Wildman–Crippen MR) is 109 cm³/mol. The highest BCUT2D eigenvalue weighted by atomic mass is 32.2. The fraction of sp³-hybridized carbons (Fsp3) is 0.350. The van der Waals surface area contributed by atoms with Crippen molar-refractivity contribution in [3.05, 3.63) is 47.5 Å². The van der Waals surface area contributed by atoms with Gasteiger partial charge in [0.25, 0.3) is 0 Å². The molecule has 4 rings (SSSR count). The third kappa shape index (κ3) is 3.90. The summed E-state index contributed by atoms with van der Waals surface area (Å²) in [5, 5.41) is 0. The second-order valence-corrected chi connectivity index (χ2v) is 8.83. The first-order valence-corrected chi connectivity index (χ1v) is 11.0. The number of halogens is 3. The second-order valence-electron chi connectivity index (χ2n) is 6.87. The van der Waals surface area contributed by atoms with Crippen LogP contribution in [0.2, 0.25) is 0 Å². The maximum atomic E-state index is 13.2. The first-order chi connectivity index (χ1) is 13.3. The number of hydrogen-bond donors (Lipinski definition) is 0. The van der Waals surface area contributed by atoms with Crippen LogP contribution in [0, 0.1) is 0 Å². The summed E-state index contributed by atoms with van der Waals surface area (Å²) in [6.07, 6.45) is -2.36. The molecule has 2 aromatic carbocycles. The lowest BCUT2D eigenvalue weighted by atomic mass is 10.1. The summed E-state index contributed by atoms with van der Waals surface area (Å²) in [7, 11) is 2.08. The van der Waals surface area contributed by atoms with Crippen molar-refractivity contribution in [2.75, 3.05) is 39.5 Å². The minimum atomic E-state index is -4.38. The lowest BCUT2D eigenvalue weighted by Gasteiger charge is -2.35. The van der Waals surface area contributed by atoms with E-state index in [4.69, 9.17) is 4.99 Å². The lowest BCUT2D eigenvalue weighted by molar-refractivity contribution is -0.137. The zero-order valence-corrected chi connectivity index (χ0v) is 17.2. The summed E-state index contributed by atoms with van der Waals surface area (Å²) in [4.78, 5) is 12.1. The van der Waals surface area contributed by atoms with Crippen LogP contribution in [0.15, 0.2) is 56.1 Å². The molecular weight excluding hydrogens is 403 g/mol. The van der Waals surface area contributed by atoms with Crippen molar-refractivity contribution in [3.63, 3.8) is 0 Å². The van der Waals surface area contributed by atoms with Crippen molar-refractivity contribution in [1.29, 1.82) is 0 Å². The topological polar surface area (TPSA) is 18.8 Å². The summed E-state index contributed by atoms with van der Waals surface area (Å²) in [6.45, 7) is 3.41. The van der Waals surface area contributed by atoms with Gasteiger partial charge in [-0.1, -0.05) is 11.8 Å². The smallest absolute Gasteiger partial charge is 0.354 e. The molecule has 28 heavy (non-hydrogen) atoms. The van der Waals surface area contributed by atoms with Gasteiger partial charge >= 0.3 is 6.18 Å². The predicted octanol–water partition coefficient (Wildman–Crippen LogP) is 5.22. The molecular formula is C20H20F3N3S2. The summed E-state index contributed by atoms with van der Waals surface area (Å²) < 4.78 is 39.7. The van der Waals surface area contributed by atoms with Crippen LogP contribution < -0.4 is 0 Å². The van der Waals surface area contributed by atoms with Gasteiger partial charge in [-0.2, -0.15) is 13.2 Å². The minimum Gasteiger partial charge on any atom is -0.354 e. The van der Waals surface area contributed by atoms with E-state index in [9.17, 15) is 13.2 Å². The third-order valence-electron chi connectivity index (χ3n) is 4.96. The summed E-state index contributed by atoms with van der Waals surface area (Å²) in [6, 6.07) is 10.0. The van der Waals surface area contributed by atoms with Crippen molar-refractivity contribution in [2.24, 2.45) is 4.99 Å². The Balaban J connectivity index is 1.85. The van der Waals surface area contributed by atoms with Crippen molar-refractivity contribution in [1.82, 2.24) is 9.80 Å². The standard InChI is InChI=1S/C20H20F3N3S2/c1-25-7-9-26(10-8-25)19-15-12-14(27-2)4-6-17(15)28-18-5-3-13(20(21,22)23)11-16(18)24-19/h3-6,11-12H,7-10H2,1-2H3. The molecule has 3 nitrogen and oxygen atoms in total. The van der Waals surface area contributed by atoms with E-state index in [1.54, 1.807) is 11.8 Å².